The van der Waals surface area contributed by atoms with E-state index >= 15 is 0 Å². The van der Waals surface area contributed by atoms with E-state index < -0.39 is 11.6 Å². The van der Waals surface area contributed by atoms with Gasteiger partial charge in [-0.15, -0.1) is 0 Å². The largest absolute Gasteiger partial charge is 0.326 e. The van der Waals surface area contributed by atoms with Crippen molar-refractivity contribution in [1.29, 1.82) is 5.26 Å². The van der Waals surface area contributed by atoms with Gasteiger partial charge in [0.05, 0.1) is 10.6 Å². The molecule has 0 atom stereocenters. The summed E-state index contributed by atoms with van der Waals surface area (Å²) in [5.41, 5.74) is 1.28. The number of nitrogens with zero attached hydrogens (tertiary/aromatic N) is 2. The van der Waals surface area contributed by atoms with Crippen LogP contribution >= 0.6 is 11.6 Å². The van der Waals surface area contributed by atoms with Crippen molar-refractivity contribution in [1.82, 2.24) is 4.90 Å². The molecule has 0 radical (unpaired) electrons. The maximum Gasteiger partial charge on any atom is 0.225 e. The van der Waals surface area contributed by atoms with Crippen LogP contribution in [-0.2, 0) is 11.3 Å². The van der Waals surface area contributed by atoms with E-state index in [-0.39, 0.29) is 17.4 Å². The number of halogens is 3. The first kappa shape index (κ1) is 19.3. The topological polar surface area (TPSA) is 56.1 Å². The van der Waals surface area contributed by atoms with E-state index in [0.717, 1.165) is 18.9 Å². The minimum atomic E-state index is -0.602. The van der Waals surface area contributed by atoms with E-state index in [1.807, 2.05) is 11.0 Å². The molecule has 3 rings (SSSR count). The Labute approximate surface area is 161 Å². The van der Waals surface area contributed by atoms with Crippen molar-refractivity contribution in [3.8, 4) is 6.07 Å². The molecule has 27 heavy (non-hydrogen) atoms. The van der Waals surface area contributed by atoms with Crippen molar-refractivity contribution in [3.05, 3.63) is 64.2 Å². The van der Waals surface area contributed by atoms with Gasteiger partial charge in [0.2, 0.25) is 5.91 Å². The highest BCUT2D eigenvalue weighted by Crippen LogP contribution is 2.29. The number of carbonyl (C=O) groups is 1. The first-order valence-corrected chi connectivity index (χ1v) is 9.01. The normalized spacial score (nSPS) is 13.4. The Hall–Kier alpha value is -2.49. The molecule has 0 heterocycles. The van der Waals surface area contributed by atoms with Crippen LogP contribution in [0.4, 0.5) is 14.5 Å². The molecule has 0 aromatic heterocycles. The van der Waals surface area contributed by atoms with E-state index in [2.05, 4.69) is 5.32 Å². The van der Waals surface area contributed by atoms with Crippen LogP contribution in [-0.4, -0.2) is 23.4 Å². The molecular formula is C20H18ClF2N3O. The predicted molar refractivity (Wildman–Crippen MR) is 99.2 cm³/mol. The number of benzene rings is 2. The number of rotatable bonds is 7. The molecule has 7 heteroatoms. The number of anilines is 1. The average molecular weight is 390 g/mol. The quantitative estimate of drug-likeness (QED) is 0.759. The van der Waals surface area contributed by atoms with Crippen molar-refractivity contribution < 1.29 is 13.6 Å². The van der Waals surface area contributed by atoms with Gasteiger partial charge in [-0.25, -0.2) is 8.78 Å². The second-order valence-corrected chi connectivity index (χ2v) is 6.95. The van der Waals surface area contributed by atoms with Crippen LogP contribution in [0.2, 0.25) is 5.02 Å². The lowest BCUT2D eigenvalue weighted by atomic mass is 10.2. The molecule has 1 saturated carbocycles. The highest BCUT2D eigenvalue weighted by atomic mass is 35.5. The number of nitrogens with one attached hydrogen (secondary N) is 1. The molecule has 140 valence electrons. The lowest BCUT2D eigenvalue weighted by Crippen LogP contribution is -2.30. The van der Waals surface area contributed by atoms with Gasteiger partial charge in [-0.1, -0.05) is 17.7 Å². The van der Waals surface area contributed by atoms with E-state index in [1.165, 1.54) is 18.2 Å². The highest BCUT2D eigenvalue weighted by molar-refractivity contribution is 6.32. The van der Waals surface area contributed by atoms with E-state index in [4.69, 9.17) is 16.9 Å². The van der Waals surface area contributed by atoms with Crippen molar-refractivity contribution in [2.24, 2.45) is 0 Å². The minimum absolute atomic E-state index is 0.194. The lowest BCUT2D eigenvalue weighted by molar-refractivity contribution is -0.116. The first-order valence-electron chi connectivity index (χ1n) is 8.64. The second kappa shape index (κ2) is 8.47. The predicted octanol–water partition coefficient (Wildman–Crippen LogP) is 4.48. The van der Waals surface area contributed by atoms with Crippen LogP contribution in [0, 0.1) is 23.0 Å². The summed E-state index contributed by atoms with van der Waals surface area (Å²) in [5.74, 6) is -1.37. The third-order valence-corrected chi connectivity index (χ3v) is 4.76. The molecule has 1 aliphatic rings. The van der Waals surface area contributed by atoms with Crippen molar-refractivity contribution in [3.63, 3.8) is 0 Å². The smallest absolute Gasteiger partial charge is 0.225 e. The summed E-state index contributed by atoms with van der Waals surface area (Å²) >= 11 is 5.96. The van der Waals surface area contributed by atoms with Gasteiger partial charge in [0.15, 0.2) is 0 Å². The first-order chi connectivity index (χ1) is 13.0. The molecule has 1 N–H and O–H groups in total. The summed E-state index contributed by atoms with van der Waals surface area (Å²) in [6, 6.07) is 10.5. The van der Waals surface area contributed by atoms with Gasteiger partial charge in [0.25, 0.3) is 0 Å². The summed E-state index contributed by atoms with van der Waals surface area (Å²) in [6.07, 6.45) is 2.25. The number of hydrogen-bond donors (Lipinski definition) is 1. The SMILES string of the molecule is N#Cc1ccc(NC(=O)CCN(Cc2ccc(F)cc2F)C2CC2)cc1Cl. The molecule has 2 aromatic carbocycles. The van der Waals surface area contributed by atoms with Gasteiger partial charge in [-0.2, -0.15) is 5.26 Å². The average Bonchev–Trinajstić information content (AvgIpc) is 3.45. The molecule has 0 saturated heterocycles. The van der Waals surface area contributed by atoms with Gasteiger partial charge in [-0.3, -0.25) is 9.69 Å². The molecule has 1 amide bonds. The fourth-order valence-corrected chi connectivity index (χ4v) is 3.07. The van der Waals surface area contributed by atoms with Crippen LogP contribution in [0.1, 0.15) is 30.4 Å². The second-order valence-electron chi connectivity index (χ2n) is 6.54. The fraction of sp³-hybridized carbons (Fsp3) is 0.300. The Morgan fingerprint density at radius 3 is 2.67 bits per heavy atom. The standard InChI is InChI=1S/C20H18ClF2N3O/c21-18-10-16(4-2-13(18)11-24)25-20(27)7-8-26(17-5-6-17)12-14-1-3-15(22)9-19(14)23/h1-4,9-10,17H,5-8,12H2,(H,25,27). The Morgan fingerprint density at radius 2 is 2.04 bits per heavy atom. The summed E-state index contributed by atoms with van der Waals surface area (Å²) in [4.78, 5) is 14.3. The Balaban J connectivity index is 1.57. The summed E-state index contributed by atoms with van der Waals surface area (Å²) in [5, 5.41) is 11.9. The van der Waals surface area contributed by atoms with Gasteiger partial charge < -0.3 is 5.32 Å². The molecule has 0 spiro atoms. The summed E-state index contributed by atoms with van der Waals surface area (Å²) < 4.78 is 27.0. The zero-order valence-corrected chi connectivity index (χ0v) is 15.3. The molecule has 0 unspecified atom stereocenters. The van der Waals surface area contributed by atoms with Gasteiger partial charge in [0, 0.05) is 42.9 Å². The summed E-state index contributed by atoms with van der Waals surface area (Å²) in [6.45, 7) is 0.810. The van der Waals surface area contributed by atoms with Gasteiger partial charge in [0.1, 0.15) is 17.7 Å². The number of hydrogen-bond acceptors (Lipinski definition) is 3. The maximum atomic E-state index is 13.9. The Bertz CT molecular complexity index is 893. The highest BCUT2D eigenvalue weighted by Gasteiger charge is 2.29. The van der Waals surface area contributed by atoms with Crippen LogP contribution in [0.5, 0.6) is 0 Å². The van der Waals surface area contributed by atoms with Gasteiger partial charge >= 0.3 is 0 Å². The fourth-order valence-electron chi connectivity index (χ4n) is 2.85. The van der Waals surface area contributed by atoms with E-state index in [0.29, 0.717) is 35.9 Å². The van der Waals surface area contributed by atoms with Crippen molar-refractivity contribution in [2.45, 2.75) is 31.8 Å². The minimum Gasteiger partial charge on any atom is -0.326 e. The van der Waals surface area contributed by atoms with E-state index in [9.17, 15) is 13.6 Å². The van der Waals surface area contributed by atoms with Crippen LogP contribution in [0.25, 0.3) is 0 Å². The zero-order valence-electron chi connectivity index (χ0n) is 14.5. The monoisotopic (exact) mass is 389 g/mol. The molecule has 2 aromatic rings. The third-order valence-electron chi connectivity index (χ3n) is 4.45. The molecule has 0 aliphatic heterocycles. The van der Waals surface area contributed by atoms with Crippen LogP contribution in [0.15, 0.2) is 36.4 Å². The van der Waals surface area contributed by atoms with Gasteiger partial charge in [-0.05, 0) is 37.1 Å². The van der Waals surface area contributed by atoms with Crippen molar-refractivity contribution >= 4 is 23.2 Å². The number of amides is 1. The lowest BCUT2D eigenvalue weighted by Gasteiger charge is -2.22. The molecule has 1 aliphatic carbocycles. The Kier molecular flexibility index (Phi) is 6.04. The number of nitriles is 1. The number of carbonyl (C=O) groups excluding carboxylic acids is 1. The zero-order chi connectivity index (χ0) is 19.4. The van der Waals surface area contributed by atoms with Crippen LogP contribution in [0.3, 0.4) is 0 Å². The van der Waals surface area contributed by atoms with E-state index in [1.54, 1.807) is 12.1 Å². The molecular weight excluding hydrogens is 372 g/mol. The Morgan fingerprint density at radius 1 is 1.26 bits per heavy atom. The van der Waals surface area contributed by atoms with Crippen LogP contribution < -0.4 is 5.32 Å². The third kappa shape index (κ3) is 5.25. The molecule has 0 bridgehead atoms. The molecule has 4 nitrogen and oxygen atoms in total. The molecule has 1 fully saturated rings. The summed E-state index contributed by atoms with van der Waals surface area (Å²) in [7, 11) is 0. The van der Waals surface area contributed by atoms with Crippen molar-refractivity contribution in [2.75, 3.05) is 11.9 Å². The maximum absolute atomic E-state index is 13.9.